The van der Waals surface area contributed by atoms with Crippen LogP contribution in [0.5, 0.6) is 0 Å². The van der Waals surface area contributed by atoms with Gasteiger partial charge in [-0.2, -0.15) is 0 Å². The minimum Gasteiger partial charge on any atom is -0.314 e. The average Bonchev–Trinajstić information content (AvgIpc) is 3.31. The van der Waals surface area contributed by atoms with Crippen molar-refractivity contribution >= 4 is 34.4 Å². The molecule has 11 heteroatoms. The first kappa shape index (κ1) is 19.1. The second-order valence-corrected chi connectivity index (χ2v) is 8.04. The third kappa shape index (κ3) is 3.60. The first-order chi connectivity index (χ1) is 13.8. The van der Waals surface area contributed by atoms with Gasteiger partial charge in [0.1, 0.15) is 24.7 Å². The van der Waals surface area contributed by atoms with Crippen LogP contribution in [-0.2, 0) is 11.2 Å². The van der Waals surface area contributed by atoms with Crippen molar-refractivity contribution in [3.63, 3.8) is 0 Å². The third-order valence-electron chi connectivity index (χ3n) is 4.96. The van der Waals surface area contributed by atoms with Crippen molar-refractivity contribution in [3.05, 3.63) is 46.7 Å². The number of nitrogens with one attached hydrogen (secondary N) is 2. The molecule has 1 aromatic carbocycles. The van der Waals surface area contributed by atoms with Crippen LogP contribution < -0.4 is 10.6 Å². The zero-order valence-electron chi connectivity index (χ0n) is 15.8. The second-order valence-electron chi connectivity index (χ2n) is 6.92. The van der Waals surface area contributed by atoms with E-state index >= 15 is 0 Å². The van der Waals surface area contributed by atoms with Gasteiger partial charge in [-0.25, -0.2) is 19.0 Å². The van der Waals surface area contributed by atoms with E-state index < -0.39 is 24.3 Å². The van der Waals surface area contributed by atoms with Crippen molar-refractivity contribution in [1.82, 2.24) is 25.0 Å². The summed E-state index contributed by atoms with van der Waals surface area (Å²) in [5, 5.41) is 5.82. The summed E-state index contributed by atoms with van der Waals surface area (Å²) in [6.45, 7) is -0.203. The number of hydrogen-bond donors (Lipinski definition) is 2. The van der Waals surface area contributed by atoms with Crippen molar-refractivity contribution in [2.75, 3.05) is 26.0 Å². The van der Waals surface area contributed by atoms with E-state index in [2.05, 4.69) is 15.6 Å². The fourth-order valence-electron chi connectivity index (χ4n) is 3.50. The van der Waals surface area contributed by atoms with E-state index in [0.29, 0.717) is 11.6 Å². The molecular formula is C18H19FN6O3S. The molecule has 2 N–H and O–H groups in total. The number of fused-ring (bicyclic) bond motifs is 1. The van der Waals surface area contributed by atoms with Crippen molar-refractivity contribution in [2.45, 2.75) is 18.8 Å². The summed E-state index contributed by atoms with van der Waals surface area (Å²) in [4.78, 5) is 46.0. The Bertz CT molecular complexity index is 965. The van der Waals surface area contributed by atoms with Crippen molar-refractivity contribution in [3.8, 4) is 0 Å². The van der Waals surface area contributed by atoms with E-state index in [4.69, 9.17) is 0 Å². The molecule has 2 aliphatic rings. The van der Waals surface area contributed by atoms with Gasteiger partial charge in [-0.1, -0.05) is 12.1 Å². The highest BCUT2D eigenvalue weighted by molar-refractivity contribution is 7.15. The first-order valence-corrected chi connectivity index (χ1v) is 9.71. The molecule has 0 unspecified atom stereocenters. The largest absolute Gasteiger partial charge is 0.323 e. The minimum absolute atomic E-state index is 0.203. The van der Waals surface area contributed by atoms with Crippen LogP contribution in [0.1, 0.15) is 10.4 Å². The number of carbonyl (C=O) groups excluding carboxylic acids is 3. The summed E-state index contributed by atoms with van der Waals surface area (Å²) in [6.07, 6.45) is 1.19. The minimum atomic E-state index is -0.545. The number of urea groups is 2. The van der Waals surface area contributed by atoms with E-state index in [0.717, 1.165) is 10.4 Å². The smallest absolute Gasteiger partial charge is 0.314 e. The molecule has 0 saturated carbocycles. The summed E-state index contributed by atoms with van der Waals surface area (Å²) in [5.74, 6) is -0.695. The molecule has 2 fully saturated rings. The van der Waals surface area contributed by atoms with Crippen LogP contribution in [0.15, 0.2) is 30.5 Å². The number of likely N-dealkylation sites (N-methyl/N-ethyl adjacent to an activating group) is 2. The lowest BCUT2D eigenvalue weighted by molar-refractivity contribution is -0.117. The number of carbonyl (C=O) groups is 3. The van der Waals surface area contributed by atoms with Crippen LogP contribution in [-0.4, -0.2) is 70.6 Å². The Morgan fingerprint density at radius 2 is 1.97 bits per heavy atom. The van der Waals surface area contributed by atoms with Gasteiger partial charge in [0.15, 0.2) is 5.13 Å². The van der Waals surface area contributed by atoms with Gasteiger partial charge < -0.3 is 20.4 Å². The van der Waals surface area contributed by atoms with E-state index in [1.807, 2.05) is 0 Å². The Labute approximate surface area is 170 Å². The number of aromatic nitrogens is 1. The van der Waals surface area contributed by atoms with Crippen LogP contribution in [0.3, 0.4) is 0 Å². The molecule has 0 spiro atoms. The maximum atomic E-state index is 13.0. The van der Waals surface area contributed by atoms with Gasteiger partial charge in [-0.15, -0.1) is 11.3 Å². The molecule has 1 aromatic heterocycles. The Balaban J connectivity index is 1.38. The van der Waals surface area contributed by atoms with Crippen LogP contribution in [0, 0.1) is 5.82 Å². The highest BCUT2D eigenvalue weighted by atomic mass is 32.1. The Hall–Kier alpha value is -3.21. The number of amides is 5. The van der Waals surface area contributed by atoms with Gasteiger partial charge in [0.2, 0.25) is 5.91 Å². The molecular weight excluding hydrogens is 399 g/mol. The van der Waals surface area contributed by atoms with Crippen molar-refractivity contribution in [1.29, 1.82) is 0 Å². The number of hydrogen-bond acceptors (Lipinski definition) is 5. The Morgan fingerprint density at radius 1 is 1.24 bits per heavy atom. The lowest BCUT2D eigenvalue weighted by Crippen LogP contribution is -2.47. The van der Waals surface area contributed by atoms with Crippen LogP contribution in [0.4, 0.5) is 19.1 Å². The fourth-order valence-corrected chi connectivity index (χ4v) is 4.37. The SMILES string of the molecule is CN1C(=O)N(C)[C@@H]2[C@@H]1NC(=O)N2CC(=O)Nc1ncc(Cc2ccc(F)cc2)s1. The molecule has 5 amide bonds. The topological polar surface area (TPSA) is 97.9 Å². The van der Waals surface area contributed by atoms with Gasteiger partial charge in [0, 0.05) is 31.6 Å². The molecule has 2 aromatic rings. The molecule has 0 radical (unpaired) electrons. The van der Waals surface area contributed by atoms with Crippen LogP contribution in [0.2, 0.25) is 0 Å². The normalized spacial score (nSPS) is 20.9. The molecule has 152 valence electrons. The highest BCUT2D eigenvalue weighted by Gasteiger charge is 2.52. The first-order valence-electron chi connectivity index (χ1n) is 8.89. The molecule has 2 atom stereocenters. The highest BCUT2D eigenvalue weighted by Crippen LogP contribution is 2.27. The van der Waals surface area contributed by atoms with Crippen LogP contribution in [0.25, 0.3) is 0 Å². The lowest BCUT2D eigenvalue weighted by atomic mass is 10.1. The van der Waals surface area contributed by atoms with Gasteiger partial charge in [0.25, 0.3) is 0 Å². The molecule has 0 aliphatic carbocycles. The number of rotatable bonds is 5. The van der Waals surface area contributed by atoms with Gasteiger partial charge in [-0.05, 0) is 17.7 Å². The monoisotopic (exact) mass is 418 g/mol. The Morgan fingerprint density at radius 3 is 2.69 bits per heavy atom. The number of anilines is 1. The molecule has 29 heavy (non-hydrogen) atoms. The summed E-state index contributed by atoms with van der Waals surface area (Å²) >= 11 is 1.31. The maximum absolute atomic E-state index is 13.0. The lowest BCUT2D eigenvalue weighted by Gasteiger charge is -2.25. The predicted molar refractivity (Wildman–Crippen MR) is 104 cm³/mol. The van der Waals surface area contributed by atoms with Gasteiger partial charge in [0.05, 0.1) is 0 Å². The van der Waals surface area contributed by atoms with Gasteiger partial charge in [-0.3, -0.25) is 9.69 Å². The Kier molecular flexibility index (Phi) is 4.82. The third-order valence-corrected chi connectivity index (χ3v) is 5.87. The second kappa shape index (κ2) is 7.32. The number of nitrogens with zero attached hydrogens (tertiary/aromatic N) is 4. The standard InChI is InChI=1S/C18H19FN6O3S/c1-23-14-15(24(2)18(23)28)25(17(27)22-14)9-13(26)21-16-20-8-12(29-16)7-10-3-5-11(19)6-4-10/h3-6,8,14-15H,7,9H2,1-2H3,(H,22,27)(H,20,21,26)/t14-,15+/m1/s1. The summed E-state index contributed by atoms with van der Waals surface area (Å²) in [6, 6.07) is 5.57. The molecule has 0 bridgehead atoms. The van der Waals surface area contributed by atoms with E-state index in [1.165, 1.54) is 38.2 Å². The van der Waals surface area contributed by atoms with Crippen molar-refractivity contribution in [2.24, 2.45) is 0 Å². The maximum Gasteiger partial charge on any atom is 0.323 e. The number of benzene rings is 1. The van der Waals surface area contributed by atoms with Crippen molar-refractivity contribution < 1.29 is 18.8 Å². The predicted octanol–water partition coefficient (Wildman–Crippen LogP) is 1.49. The van der Waals surface area contributed by atoms with E-state index in [9.17, 15) is 18.8 Å². The zero-order valence-corrected chi connectivity index (χ0v) is 16.6. The molecule has 3 heterocycles. The molecule has 4 rings (SSSR count). The quantitative estimate of drug-likeness (QED) is 0.769. The van der Waals surface area contributed by atoms with Crippen LogP contribution >= 0.6 is 11.3 Å². The average molecular weight is 418 g/mol. The number of thiazole rings is 1. The summed E-state index contributed by atoms with van der Waals surface area (Å²) < 4.78 is 13.0. The molecule has 2 aliphatic heterocycles. The fraction of sp³-hybridized carbons (Fsp3) is 0.333. The number of halogens is 1. The zero-order chi connectivity index (χ0) is 20.7. The molecule has 9 nitrogen and oxygen atoms in total. The van der Waals surface area contributed by atoms with E-state index in [1.54, 1.807) is 32.4 Å². The molecule has 2 saturated heterocycles. The van der Waals surface area contributed by atoms with Gasteiger partial charge >= 0.3 is 12.1 Å². The summed E-state index contributed by atoms with van der Waals surface area (Å²) in [5.41, 5.74) is 0.936. The van der Waals surface area contributed by atoms with E-state index in [-0.39, 0.29) is 18.4 Å². The summed E-state index contributed by atoms with van der Waals surface area (Å²) in [7, 11) is 3.20.